The van der Waals surface area contributed by atoms with Crippen molar-refractivity contribution in [2.45, 2.75) is 24.5 Å². The van der Waals surface area contributed by atoms with Crippen molar-refractivity contribution in [3.05, 3.63) is 22.7 Å². The van der Waals surface area contributed by atoms with E-state index in [9.17, 15) is 15.0 Å². The normalized spacial score (nSPS) is 28.9. The number of hydrogen-bond acceptors (Lipinski definition) is 8. The van der Waals surface area contributed by atoms with Crippen molar-refractivity contribution in [1.82, 2.24) is 9.55 Å². The lowest BCUT2D eigenvalue weighted by Crippen LogP contribution is -2.38. The summed E-state index contributed by atoms with van der Waals surface area (Å²) in [5, 5.41) is 19.3. The highest BCUT2D eigenvalue weighted by Crippen LogP contribution is 2.30. The molecule has 2 rings (SSSR count). The number of aliphatic hydroxyl groups is 2. The highest BCUT2D eigenvalue weighted by Gasteiger charge is 2.45. The first-order valence-electron chi connectivity index (χ1n) is 6.48. The summed E-state index contributed by atoms with van der Waals surface area (Å²) >= 11 is 0. The lowest BCUT2D eigenvalue weighted by Gasteiger charge is -2.22. The Kier molecular flexibility index (Phi) is 5.26. The van der Waals surface area contributed by atoms with E-state index in [0.717, 1.165) is 0 Å². The SMILES string of the molecule is COCCO[C@H]1C(O)[C@@H](CO)O[C@H]1n1ccc(N)nc1=O. The van der Waals surface area contributed by atoms with Crippen LogP contribution in [0.25, 0.3) is 0 Å². The van der Waals surface area contributed by atoms with Crippen molar-refractivity contribution in [2.24, 2.45) is 0 Å². The summed E-state index contributed by atoms with van der Waals surface area (Å²) in [6.07, 6.45) is -2.21. The molecule has 4 atom stereocenters. The van der Waals surface area contributed by atoms with Crippen LogP contribution < -0.4 is 11.4 Å². The molecule has 0 bridgehead atoms. The van der Waals surface area contributed by atoms with Gasteiger partial charge >= 0.3 is 5.69 Å². The number of nitrogen functional groups attached to an aromatic ring is 1. The second kappa shape index (κ2) is 6.96. The predicted molar refractivity (Wildman–Crippen MR) is 71.5 cm³/mol. The lowest BCUT2D eigenvalue weighted by molar-refractivity contribution is -0.0818. The topological polar surface area (TPSA) is 129 Å². The molecular formula is C12H19N3O6. The molecule has 118 valence electrons. The third-order valence-corrected chi connectivity index (χ3v) is 3.22. The Morgan fingerprint density at radius 3 is 2.90 bits per heavy atom. The first-order chi connectivity index (χ1) is 10.1. The summed E-state index contributed by atoms with van der Waals surface area (Å²) in [5.41, 5.74) is 4.82. The number of aromatic nitrogens is 2. The molecule has 1 aromatic rings. The van der Waals surface area contributed by atoms with Gasteiger partial charge in [-0.3, -0.25) is 4.57 Å². The van der Waals surface area contributed by atoms with Crippen molar-refractivity contribution in [2.75, 3.05) is 32.7 Å². The van der Waals surface area contributed by atoms with Gasteiger partial charge in [-0.1, -0.05) is 0 Å². The molecule has 1 saturated heterocycles. The molecule has 21 heavy (non-hydrogen) atoms. The molecule has 2 heterocycles. The van der Waals surface area contributed by atoms with Crippen LogP contribution in [0.2, 0.25) is 0 Å². The third kappa shape index (κ3) is 3.39. The maximum atomic E-state index is 11.9. The highest BCUT2D eigenvalue weighted by molar-refractivity contribution is 5.23. The summed E-state index contributed by atoms with van der Waals surface area (Å²) in [4.78, 5) is 15.5. The standard InChI is InChI=1S/C12H19N3O6/c1-19-4-5-20-10-9(17)7(6-16)21-11(10)15-3-2-8(13)14-12(15)18/h2-3,7,9-11,16-17H,4-6H2,1H3,(H2,13,14,18)/t7-,9?,10+,11-/m1/s1. The minimum absolute atomic E-state index is 0.0883. The van der Waals surface area contributed by atoms with E-state index in [-0.39, 0.29) is 19.0 Å². The Morgan fingerprint density at radius 2 is 2.29 bits per heavy atom. The number of ether oxygens (including phenoxy) is 3. The molecule has 1 aliphatic heterocycles. The minimum Gasteiger partial charge on any atom is -0.394 e. The number of methoxy groups -OCH3 is 1. The molecule has 0 aromatic carbocycles. The number of anilines is 1. The van der Waals surface area contributed by atoms with E-state index >= 15 is 0 Å². The molecule has 0 spiro atoms. The van der Waals surface area contributed by atoms with Gasteiger partial charge in [0.2, 0.25) is 0 Å². The zero-order valence-electron chi connectivity index (χ0n) is 11.6. The van der Waals surface area contributed by atoms with Crippen LogP contribution in [0.1, 0.15) is 6.23 Å². The Balaban J connectivity index is 2.23. The molecule has 9 heteroatoms. The van der Waals surface area contributed by atoms with Gasteiger partial charge in [0.25, 0.3) is 0 Å². The predicted octanol–water partition coefficient (Wildman–Crippen LogP) is -1.89. The zero-order chi connectivity index (χ0) is 15.4. The van der Waals surface area contributed by atoms with Gasteiger partial charge in [-0.15, -0.1) is 0 Å². The van der Waals surface area contributed by atoms with Crippen LogP contribution in [0.15, 0.2) is 17.1 Å². The number of hydrogen-bond donors (Lipinski definition) is 3. The van der Waals surface area contributed by atoms with E-state index < -0.39 is 30.2 Å². The monoisotopic (exact) mass is 301 g/mol. The van der Waals surface area contributed by atoms with Gasteiger partial charge in [0.15, 0.2) is 6.23 Å². The first-order valence-corrected chi connectivity index (χ1v) is 6.48. The molecule has 0 amide bonds. The van der Waals surface area contributed by atoms with Crippen LogP contribution in [0.3, 0.4) is 0 Å². The molecule has 9 nitrogen and oxygen atoms in total. The smallest absolute Gasteiger partial charge is 0.351 e. The molecule has 1 aromatic heterocycles. The maximum Gasteiger partial charge on any atom is 0.351 e. The van der Waals surface area contributed by atoms with E-state index in [4.69, 9.17) is 19.9 Å². The highest BCUT2D eigenvalue weighted by atomic mass is 16.6. The van der Waals surface area contributed by atoms with Gasteiger partial charge in [0.05, 0.1) is 19.8 Å². The van der Waals surface area contributed by atoms with Crippen LogP contribution in [-0.4, -0.2) is 65.0 Å². The second-order valence-electron chi connectivity index (χ2n) is 4.61. The van der Waals surface area contributed by atoms with Crippen molar-refractivity contribution in [1.29, 1.82) is 0 Å². The van der Waals surface area contributed by atoms with E-state index in [1.165, 1.54) is 23.9 Å². The Labute approximate surface area is 120 Å². The fourth-order valence-electron chi connectivity index (χ4n) is 2.16. The van der Waals surface area contributed by atoms with Crippen LogP contribution in [0, 0.1) is 0 Å². The van der Waals surface area contributed by atoms with E-state index in [2.05, 4.69) is 4.98 Å². The molecule has 0 saturated carbocycles. The van der Waals surface area contributed by atoms with Crippen molar-refractivity contribution in [3.63, 3.8) is 0 Å². The number of nitrogens with zero attached hydrogens (tertiary/aromatic N) is 2. The first kappa shape index (κ1) is 15.9. The molecule has 1 fully saturated rings. The molecule has 0 aliphatic carbocycles. The Hall–Kier alpha value is -1.52. The summed E-state index contributed by atoms with van der Waals surface area (Å²) in [7, 11) is 1.52. The molecule has 0 radical (unpaired) electrons. The van der Waals surface area contributed by atoms with Crippen molar-refractivity contribution < 1.29 is 24.4 Å². The molecular weight excluding hydrogens is 282 g/mol. The van der Waals surface area contributed by atoms with Crippen LogP contribution in [0.4, 0.5) is 5.82 Å². The van der Waals surface area contributed by atoms with E-state index in [1.807, 2.05) is 0 Å². The summed E-state index contributed by atoms with van der Waals surface area (Å²) in [6.45, 7) is 0.154. The fourth-order valence-corrected chi connectivity index (χ4v) is 2.16. The average Bonchev–Trinajstić information content (AvgIpc) is 2.76. The summed E-state index contributed by atoms with van der Waals surface area (Å²) < 4.78 is 17.0. The van der Waals surface area contributed by atoms with Gasteiger partial charge in [0.1, 0.15) is 24.1 Å². The Morgan fingerprint density at radius 1 is 1.52 bits per heavy atom. The average molecular weight is 301 g/mol. The van der Waals surface area contributed by atoms with E-state index in [0.29, 0.717) is 6.61 Å². The van der Waals surface area contributed by atoms with Crippen LogP contribution >= 0.6 is 0 Å². The number of nitrogens with two attached hydrogens (primary N) is 1. The maximum absolute atomic E-state index is 11.9. The van der Waals surface area contributed by atoms with Gasteiger partial charge in [0, 0.05) is 13.3 Å². The van der Waals surface area contributed by atoms with Gasteiger partial charge in [-0.05, 0) is 6.07 Å². The van der Waals surface area contributed by atoms with Gasteiger partial charge in [-0.25, -0.2) is 4.79 Å². The largest absolute Gasteiger partial charge is 0.394 e. The quantitative estimate of drug-likeness (QED) is 0.520. The zero-order valence-corrected chi connectivity index (χ0v) is 11.6. The Bertz CT molecular complexity index is 522. The van der Waals surface area contributed by atoms with Crippen LogP contribution in [0.5, 0.6) is 0 Å². The lowest BCUT2D eigenvalue weighted by atomic mass is 10.1. The third-order valence-electron chi connectivity index (χ3n) is 3.22. The summed E-state index contributed by atoms with van der Waals surface area (Å²) in [5.74, 6) is 0.0883. The van der Waals surface area contributed by atoms with Gasteiger partial charge < -0.3 is 30.2 Å². The fraction of sp³-hybridized carbons (Fsp3) is 0.667. The molecule has 1 aliphatic rings. The van der Waals surface area contributed by atoms with Crippen molar-refractivity contribution >= 4 is 5.82 Å². The number of aliphatic hydroxyl groups excluding tert-OH is 2. The van der Waals surface area contributed by atoms with Gasteiger partial charge in [-0.2, -0.15) is 4.98 Å². The van der Waals surface area contributed by atoms with E-state index in [1.54, 1.807) is 0 Å². The summed E-state index contributed by atoms with van der Waals surface area (Å²) in [6, 6.07) is 1.44. The molecule has 1 unspecified atom stereocenters. The molecule has 4 N–H and O–H groups in total. The number of rotatable bonds is 6. The second-order valence-corrected chi connectivity index (χ2v) is 4.61. The van der Waals surface area contributed by atoms with Crippen molar-refractivity contribution in [3.8, 4) is 0 Å². The minimum atomic E-state index is -1.07. The van der Waals surface area contributed by atoms with Crippen LogP contribution in [-0.2, 0) is 14.2 Å².